The lowest BCUT2D eigenvalue weighted by molar-refractivity contribution is 0.333. The van der Waals surface area contributed by atoms with E-state index < -0.39 is 0 Å². The Balaban J connectivity index is 0.00000200. The summed E-state index contributed by atoms with van der Waals surface area (Å²) in [6, 6.07) is 12.5. The van der Waals surface area contributed by atoms with Crippen molar-refractivity contribution in [3.63, 3.8) is 0 Å². The Hall–Kier alpha value is -1.25. The van der Waals surface area contributed by atoms with Crippen LogP contribution in [-0.2, 0) is 0 Å². The summed E-state index contributed by atoms with van der Waals surface area (Å²) in [6.07, 6.45) is 0.966. The van der Waals surface area contributed by atoms with Crippen LogP contribution in [0.15, 0.2) is 36.4 Å². The first-order chi connectivity index (χ1) is 9.13. The second kappa shape index (κ2) is 7.51. The van der Waals surface area contributed by atoms with Crippen molar-refractivity contribution in [3.8, 4) is 5.75 Å². The molecular weight excluding hydrogens is 270 g/mol. The van der Waals surface area contributed by atoms with Gasteiger partial charge in [-0.05, 0) is 36.1 Å². The zero-order valence-electron chi connectivity index (χ0n) is 12.4. The quantitative estimate of drug-likeness (QED) is 0.867. The molecule has 0 amide bonds. The predicted octanol–water partition coefficient (Wildman–Crippen LogP) is 4.71. The van der Waals surface area contributed by atoms with Gasteiger partial charge in [-0.1, -0.05) is 44.2 Å². The molecule has 2 rings (SSSR count). The second-order valence-corrected chi connectivity index (χ2v) is 5.37. The third kappa shape index (κ3) is 3.65. The van der Waals surface area contributed by atoms with Gasteiger partial charge in [0.25, 0.3) is 0 Å². The molecule has 2 aromatic carbocycles. The zero-order chi connectivity index (χ0) is 13.8. The van der Waals surface area contributed by atoms with Crippen LogP contribution in [0, 0.1) is 5.92 Å². The number of nitrogens with two attached hydrogens (primary N) is 1. The number of rotatable bonds is 5. The van der Waals surface area contributed by atoms with Gasteiger partial charge in [0.1, 0.15) is 5.75 Å². The van der Waals surface area contributed by atoms with Gasteiger partial charge in [0.2, 0.25) is 0 Å². The summed E-state index contributed by atoms with van der Waals surface area (Å²) in [5.74, 6) is 1.50. The minimum Gasteiger partial charge on any atom is -0.494 e. The fourth-order valence-corrected chi connectivity index (χ4v) is 2.57. The van der Waals surface area contributed by atoms with Crippen LogP contribution in [0.1, 0.15) is 38.8 Å². The van der Waals surface area contributed by atoms with E-state index in [1.807, 2.05) is 13.0 Å². The molecule has 0 aromatic heterocycles. The fraction of sp³-hybridized carbons (Fsp3) is 0.412. The maximum absolute atomic E-state index is 6.41. The Morgan fingerprint density at radius 3 is 2.45 bits per heavy atom. The van der Waals surface area contributed by atoms with E-state index in [9.17, 15) is 0 Å². The van der Waals surface area contributed by atoms with Gasteiger partial charge in [-0.15, -0.1) is 12.4 Å². The van der Waals surface area contributed by atoms with Gasteiger partial charge in [-0.3, -0.25) is 0 Å². The highest BCUT2D eigenvalue weighted by Gasteiger charge is 2.16. The van der Waals surface area contributed by atoms with E-state index in [0.29, 0.717) is 12.5 Å². The van der Waals surface area contributed by atoms with E-state index in [4.69, 9.17) is 10.5 Å². The SMILES string of the molecule is CCOc1ccc2ccccc2c1[C@H](N)CC(C)C.Cl. The first-order valence-electron chi connectivity index (χ1n) is 7.03. The molecule has 2 aromatic rings. The molecule has 110 valence electrons. The smallest absolute Gasteiger partial charge is 0.124 e. The molecule has 0 radical (unpaired) electrons. The van der Waals surface area contributed by atoms with Gasteiger partial charge in [0, 0.05) is 11.6 Å². The van der Waals surface area contributed by atoms with E-state index >= 15 is 0 Å². The van der Waals surface area contributed by atoms with Crippen molar-refractivity contribution in [2.75, 3.05) is 6.61 Å². The Morgan fingerprint density at radius 1 is 1.10 bits per heavy atom. The number of fused-ring (bicyclic) bond motifs is 1. The van der Waals surface area contributed by atoms with Crippen LogP contribution in [0.2, 0.25) is 0 Å². The van der Waals surface area contributed by atoms with Gasteiger partial charge in [-0.2, -0.15) is 0 Å². The lowest BCUT2D eigenvalue weighted by Gasteiger charge is -2.20. The number of benzene rings is 2. The fourth-order valence-electron chi connectivity index (χ4n) is 2.57. The third-order valence-corrected chi connectivity index (χ3v) is 3.33. The van der Waals surface area contributed by atoms with Crippen LogP contribution in [0.25, 0.3) is 10.8 Å². The first-order valence-corrected chi connectivity index (χ1v) is 7.03. The summed E-state index contributed by atoms with van der Waals surface area (Å²) in [6.45, 7) is 7.07. The molecule has 0 saturated carbocycles. The summed E-state index contributed by atoms with van der Waals surface area (Å²) in [5, 5.41) is 2.43. The summed E-state index contributed by atoms with van der Waals surface area (Å²) < 4.78 is 5.77. The standard InChI is InChI=1S/C17H23NO.ClH/c1-4-19-16-10-9-13-7-5-6-8-14(13)17(16)15(18)11-12(2)3;/h5-10,12,15H,4,11,18H2,1-3H3;1H/t15-;/m1./s1. The van der Waals surface area contributed by atoms with Gasteiger partial charge in [0.15, 0.2) is 0 Å². The van der Waals surface area contributed by atoms with E-state index in [0.717, 1.165) is 17.7 Å². The minimum atomic E-state index is 0. The molecule has 1 atom stereocenters. The van der Waals surface area contributed by atoms with Gasteiger partial charge >= 0.3 is 0 Å². The maximum atomic E-state index is 6.41. The Morgan fingerprint density at radius 2 is 1.80 bits per heavy atom. The monoisotopic (exact) mass is 293 g/mol. The lowest BCUT2D eigenvalue weighted by atomic mass is 9.92. The maximum Gasteiger partial charge on any atom is 0.124 e. The van der Waals surface area contributed by atoms with E-state index in [2.05, 4.69) is 44.2 Å². The van der Waals surface area contributed by atoms with Crippen molar-refractivity contribution in [1.82, 2.24) is 0 Å². The van der Waals surface area contributed by atoms with Crippen molar-refractivity contribution in [3.05, 3.63) is 42.0 Å². The summed E-state index contributed by atoms with van der Waals surface area (Å²) in [7, 11) is 0. The third-order valence-electron chi connectivity index (χ3n) is 3.33. The van der Waals surface area contributed by atoms with Crippen LogP contribution >= 0.6 is 12.4 Å². The highest BCUT2D eigenvalue weighted by atomic mass is 35.5. The highest BCUT2D eigenvalue weighted by molar-refractivity contribution is 5.88. The molecular formula is C17H24ClNO. The van der Waals surface area contributed by atoms with Crippen LogP contribution in [0.3, 0.4) is 0 Å². The minimum absolute atomic E-state index is 0. The zero-order valence-corrected chi connectivity index (χ0v) is 13.2. The van der Waals surface area contributed by atoms with E-state index in [-0.39, 0.29) is 18.4 Å². The average molecular weight is 294 g/mol. The number of ether oxygens (including phenoxy) is 1. The van der Waals surface area contributed by atoms with E-state index in [1.54, 1.807) is 0 Å². The Labute approximate surface area is 127 Å². The molecule has 0 aliphatic carbocycles. The summed E-state index contributed by atoms with van der Waals surface area (Å²) >= 11 is 0. The van der Waals surface area contributed by atoms with Gasteiger partial charge in [-0.25, -0.2) is 0 Å². The predicted molar refractivity (Wildman–Crippen MR) is 88.7 cm³/mol. The molecule has 0 aliphatic heterocycles. The highest BCUT2D eigenvalue weighted by Crippen LogP contribution is 2.34. The van der Waals surface area contributed by atoms with Crippen molar-refractivity contribution < 1.29 is 4.74 Å². The number of halogens is 1. The Bertz CT molecular complexity index is 554. The average Bonchev–Trinajstić information content (AvgIpc) is 2.37. The van der Waals surface area contributed by atoms with Gasteiger partial charge in [0.05, 0.1) is 6.61 Å². The molecule has 3 heteroatoms. The van der Waals surface area contributed by atoms with Crippen LogP contribution in [0.5, 0.6) is 5.75 Å². The summed E-state index contributed by atoms with van der Waals surface area (Å²) in [4.78, 5) is 0. The normalized spacial score (nSPS) is 12.2. The Kier molecular flexibility index (Phi) is 6.31. The largest absolute Gasteiger partial charge is 0.494 e. The molecule has 0 bridgehead atoms. The molecule has 2 N–H and O–H groups in total. The lowest BCUT2D eigenvalue weighted by Crippen LogP contribution is -2.15. The molecule has 0 heterocycles. The van der Waals surface area contributed by atoms with Crippen LogP contribution < -0.4 is 10.5 Å². The molecule has 2 nitrogen and oxygen atoms in total. The molecule has 0 saturated heterocycles. The van der Waals surface area contributed by atoms with Crippen molar-refractivity contribution in [2.24, 2.45) is 11.7 Å². The van der Waals surface area contributed by atoms with Crippen molar-refractivity contribution >= 4 is 23.2 Å². The molecule has 0 fully saturated rings. The van der Waals surface area contributed by atoms with E-state index in [1.165, 1.54) is 10.8 Å². The first kappa shape index (κ1) is 16.8. The summed E-state index contributed by atoms with van der Waals surface area (Å²) in [5.41, 5.74) is 7.56. The van der Waals surface area contributed by atoms with Crippen LogP contribution in [0.4, 0.5) is 0 Å². The molecule has 0 aliphatic rings. The van der Waals surface area contributed by atoms with Gasteiger partial charge < -0.3 is 10.5 Å². The number of hydrogen-bond acceptors (Lipinski definition) is 2. The van der Waals surface area contributed by atoms with Crippen molar-refractivity contribution in [1.29, 1.82) is 0 Å². The topological polar surface area (TPSA) is 35.2 Å². The molecule has 0 spiro atoms. The number of hydrogen-bond donors (Lipinski definition) is 1. The van der Waals surface area contributed by atoms with Crippen LogP contribution in [-0.4, -0.2) is 6.61 Å². The van der Waals surface area contributed by atoms with Crippen molar-refractivity contribution in [2.45, 2.75) is 33.2 Å². The molecule has 0 unspecified atom stereocenters. The second-order valence-electron chi connectivity index (χ2n) is 5.37. The molecule has 20 heavy (non-hydrogen) atoms.